The van der Waals surface area contributed by atoms with Crippen molar-refractivity contribution in [2.45, 2.75) is 19.3 Å². The molecule has 0 aliphatic rings. The molecular formula is C22H19Cl2N3O2. The number of anilines is 1. The molecule has 2 amide bonds. The SMILES string of the molecule is O=C(CCCC(=O)Nc1ccc(Cl)c(Cl)c1)N/N=C\c1cccc2ccccc12. The number of carbonyl (C=O) groups excluding carboxylic acids is 2. The molecule has 0 unspecified atom stereocenters. The van der Waals surface area contributed by atoms with Gasteiger partial charge >= 0.3 is 0 Å². The number of amides is 2. The van der Waals surface area contributed by atoms with Gasteiger partial charge in [0.1, 0.15) is 0 Å². The third kappa shape index (κ3) is 6.04. The molecule has 0 saturated carbocycles. The number of halogens is 2. The third-order valence-corrected chi connectivity index (χ3v) is 4.97. The Bertz CT molecular complexity index is 1060. The van der Waals surface area contributed by atoms with Crippen molar-refractivity contribution < 1.29 is 9.59 Å². The molecule has 2 N–H and O–H groups in total. The number of carbonyl (C=O) groups is 2. The summed E-state index contributed by atoms with van der Waals surface area (Å²) in [5.74, 6) is -0.445. The Hall–Kier alpha value is -2.89. The van der Waals surface area contributed by atoms with Gasteiger partial charge < -0.3 is 5.32 Å². The molecule has 0 heterocycles. The van der Waals surface area contributed by atoms with Crippen molar-refractivity contribution in [1.82, 2.24) is 5.43 Å². The van der Waals surface area contributed by atoms with Crippen LogP contribution in [-0.4, -0.2) is 18.0 Å². The molecule has 0 aliphatic heterocycles. The monoisotopic (exact) mass is 427 g/mol. The predicted molar refractivity (Wildman–Crippen MR) is 119 cm³/mol. The molecule has 0 aromatic heterocycles. The Morgan fingerprint density at radius 2 is 1.66 bits per heavy atom. The minimum absolute atomic E-state index is 0.196. The lowest BCUT2D eigenvalue weighted by Gasteiger charge is -2.06. The van der Waals surface area contributed by atoms with E-state index in [2.05, 4.69) is 15.8 Å². The number of hydrazone groups is 1. The lowest BCUT2D eigenvalue weighted by Crippen LogP contribution is -2.18. The number of nitrogens with one attached hydrogen (secondary N) is 2. The summed E-state index contributed by atoms with van der Waals surface area (Å²) in [4.78, 5) is 23.9. The molecule has 0 fully saturated rings. The van der Waals surface area contributed by atoms with Crippen LogP contribution in [0.3, 0.4) is 0 Å². The minimum atomic E-state index is -0.246. The summed E-state index contributed by atoms with van der Waals surface area (Å²) in [5.41, 5.74) is 3.98. The van der Waals surface area contributed by atoms with Gasteiger partial charge in [0.25, 0.3) is 0 Å². The van der Waals surface area contributed by atoms with Crippen molar-refractivity contribution in [2.75, 3.05) is 5.32 Å². The summed E-state index contributed by atoms with van der Waals surface area (Å²) in [7, 11) is 0. The maximum absolute atomic E-state index is 12.0. The van der Waals surface area contributed by atoms with E-state index in [1.54, 1.807) is 24.4 Å². The topological polar surface area (TPSA) is 70.6 Å². The summed E-state index contributed by atoms with van der Waals surface area (Å²) in [6.45, 7) is 0. The Balaban J connectivity index is 1.43. The van der Waals surface area contributed by atoms with Crippen LogP contribution in [0.25, 0.3) is 10.8 Å². The summed E-state index contributed by atoms with van der Waals surface area (Å²) in [6.07, 6.45) is 2.43. The number of hydrogen-bond acceptors (Lipinski definition) is 3. The zero-order valence-corrected chi connectivity index (χ0v) is 17.0. The standard InChI is InChI=1S/C22H19Cl2N3O2/c23-19-12-11-17(13-20(19)24)26-21(28)9-4-10-22(29)27-25-14-16-7-3-6-15-5-1-2-8-18(15)16/h1-3,5-8,11-14H,4,9-10H2,(H,26,28)(H,27,29)/b25-14-. The molecule has 0 spiro atoms. The minimum Gasteiger partial charge on any atom is -0.326 e. The molecule has 0 aliphatic carbocycles. The van der Waals surface area contributed by atoms with Gasteiger partial charge in [-0.1, -0.05) is 65.7 Å². The van der Waals surface area contributed by atoms with E-state index >= 15 is 0 Å². The van der Waals surface area contributed by atoms with Crippen molar-refractivity contribution in [3.05, 3.63) is 76.3 Å². The van der Waals surface area contributed by atoms with E-state index in [-0.39, 0.29) is 24.7 Å². The summed E-state index contributed by atoms with van der Waals surface area (Å²) in [6, 6.07) is 18.7. The van der Waals surface area contributed by atoms with Gasteiger partial charge in [-0.05, 0) is 35.4 Å². The molecule has 3 aromatic carbocycles. The second-order valence-electron chi connectivity index (χ2n) is 6.39. The Labute approximate surface area is 178 Å². The van der Waals surface area contributed by atoms with Crippen LogP contribution < -0.4 is 10.7 Å². The van der Waals surface area contributed by atoms with Gasteiger partial charge in [-0.25, -0.2) is 5.43 Å². The molecule has 3 aromatic rings. The van der Waals surface area contributed by atoms with Crippen LogP contribution in [0.1, 0.15) is 24.8 Å². The molecule has 7 heteroatoms. The van der Waals surface area contributed by atoms with Crippen molar-refractivity contribution in [2.24, 2.45) is 5.10 Å². The number of nitrogens with zero attached hydrogens (tertiary/aromatic N) is 1. The molecule has 5 nitrogen and oxygen atoms in total. The largest absolute Gasteiger partial charge is 0.326 e. The Morgan fingerprint density at radius 3 is 2.48 bits per heavy atom. The highest BCUT2D eigenvalue weighted by atomic mass is 35.5. The van der Waals surface area contributed by atoms with Crippen molar-refractivity contribution in [3.8, 4) is 0 Å². The van der Waals surface area contributed by atoms with E-state index in [9.17, 15) is 9.59 Å². The fourth-order valence-electron chi connectivity index (χ4n) is 2.80. The van der Waals surface area contributed by atoms with Crippen LogP contribution in [0.15, 0.2) is 65.8 Å². The molecule has 0 bridgehead atoms. The maximum Gasteiger partial charge on any atom is 0.240 e. The molecule has 0 radical (unpaired) electrons. The zero-order valence-electron chi connectivity index (χ0n) is 15.5. The van der Waals surface area contributed by atoms with Gasteiger partial charge in [0.2, 0.25) is 11.8 Å². The quantitative estimate of drug-likeness (QED) is 0.391. The highest BCUT2D eigenvalue weighted by Crippen LogP contribution is 2.25. The summed E-state index contributed by atoms with van der Waals surface area (Å²) in [5, 5.41) is 9.70. The van der Waals surface area contributed by atoms with Gasteiger partial charge in [-0.2, -0.15) is 5.10 Å². The second-order valence-corrected chi connectivity index (χ2v) is 7.21. The Morgan fingerprint density at radius 1 is 0.897 bits per heavy atom. The number of rotatable bonds is 7. The van der Waals surface area contributed by atoms with Crippen LogP contribution in [0, 0.1) is 0 Å². The molecular weight excluding hydrogens is 409 g/mol. The van der Waals surface area contributed by atoms with Crippen LogP contribution >= 0.6 is 23.2 Å². The highest BCUT2D eigenvalue weighted by Gasteiger charge is 2.07. The second kappa shape index (κ2) is 10.0. The van der Waals surface area contributed by atoms with Crippen LogP contribution in [0.4, 0.5) is 5.69 Å². The smallest absolute Gasteiger partial charge is 0.240 e. The van der Waals surface area contributed by atoms with Crippen molar-refractivity contribution >= 4 is 57.7 Å². The number of hydrogen-bond donors (Lipinski definition) is 2. The van der Waals surface area contributed by atoms with Crippen LogP contribution in [0.5, 0.6) is 0 Å². The van der Waals surface area contributed by atoms with Gasteiger partial charge in [-0.3, -0.25) is 9.59 Å². The van der Waals surface area contributed by atoms with E-state index in [1.807, 2.05) is 42.5 Å². The van der Waals surface area contributed by atoms with Gasteiger partial charge in [0, 0.05) is 24.1 Å². The average molecular weight is 428 g/mol. The lowest BCUT2D eigenvalue weighted by molar-refractivity contribution is -0.121. The van der Waals surface area contributed by atoms with E-state index in [1.165, 1.54) is 0 Å². The maximum atomic E-state index is 12.0. The highest BCUT2D eigenvalue weighted by molar-refractivity contribution is 6.42. The van der Waals surface area contributed by atoms with E-state index in [0.29, 0.717) is 22.2 Å². The molecule has 148 valence electrons. The average Bonchev–Trinajstić information content (AvgIpc) is 2.71. The normalized spacial score (nSPS) is 11.0. The zero-order chi connectivity index (χ0) is 20.6. The lowest BCUT2D eigenvalue weighted by atomic mass is 10.1. The number of fused-ring (bicyclic) bond motifs is 1. The van der Waals surface area contributed by atoms with Gasteiger partial charge in [0.15, 0.2) is 0 Å². The molecule has 0 saturated heterocycles. The van der Waals surface area contributed by atoms with E-state index in [0.717, 1.165) is 16.3 Å². The first-order valence-corrected chi connectivity index (χ1v) is 9.83. The van der Waals surface area contributed by atoms with Crippen LogP contribution in [-0.2, 0) is 9.59 Å². The van der Waals surface area contributed by atoms with E-state index < -0.39 is 0 Å². The van der Waals surface area contributed by atoms with Crippen LogP contribution in [0.2, 0.25) is 10.0 Å². The molecule has 0 atom stereocenters. The first-order valence-electron chi connectivity index (χ1n) is 9.07. The van der Waals surface area contributed by atoms with Crippen molar-refractivity contribution in [1.29, 1.82) is 0 Å². The fraction of sp³-hybridized carbons (Fsp3) is 0.136. The summed E-state index contributed by atoms with van der Waals surface area (Å²) >= 11 is 11.8. The molecule has 3 rings (SSSR count). The summed E-state index contributed by atoms with van der Waals surface area (Å²) < 4.78 is 0. The fourth-order valence-corrected chi connectivity index (χ4v) is 3.10. The van der Waals surface area contributed by atoms with Crippen molar-refractivity contribution in [3.63, 3.8) is 0 Å². The Kier molecular flexibility index (Phi) is 7.22. The first-order chi connectivity index (χ1) is 14.0. The van der Waals surface area contributed by atoms with E-state index in [4.69, 9.17) is 23.2 Å². The molecule has 29 heavy (non-hydrogen) atoms. The van der Waals surface area contributed by atoms with Gasteiger partial charge in [-0.15, -0.1) is 0 Å². The predicted octanol–water partition coefficient (Wildman–Crippen LogP) is 5.41. The third-order valence-electron chi connectivity index (χ3n) is 4.23. The first kappa shape index (κ1) is 20.8. The number of benzene rings is 3. The van der Waals surface area contributed by atoms with Gasteiger partial charge in [0.05, 0.1) is 16.3 Å².